The number of hydrogen-bond donors (Lipinski definition) is 0. The Morgan fingerprint density at radius 2 is 0.875 bits per heavy atom. The second-order valence-electron chi connectivity index (χ2n) is 4.52. The van der Waals surface area contributed by atoms with Crippen LogP contribution in [0.15, 0.2) is 0 Å². The van der Waals surface area contributed by atoms with Gasteiger partial charge >= 0.3 is 23.9 Å². The summed E-state index contributed by atoms with van der Waals surface area (Å²) in [6.45, 7) is 3.44. The van der Waals surface area contributed by atoms with Crippen molar-refractivity contribution < 1.29 is 47.6 Å². The second kappa shape index (κ2) is 12.3. The van der Waals surface area contributed by atoms with Crippen molar-refractivity contribution in [3.8, 4) is 0 Å². The molecule has 138 valence electrons. The summed E-state index contributed by atoms with van der Waals surface area (Å²) in [6.07, 6.45) is -1.86. The molecule has 0 N–H and O–H groups in total. The number of rotatable bonds is 11. The van der Waals surface area contributed by atoms with E-state index in [0.717, 1.165) is 0 Å². The van der Waals surface area contributed by atoms with Crippen LogP contribution in [0.5, 0.6) is 0 Å². The van der Waals surface area contributed by atoms with Gasteiger partial charge in [0.25, 0.3) is 0 Å². The molecule has 0 aromatic carbocycles. The average molecular weight is 350 g/mol. The molecule has 0 fully saturated rings. The predicted molar refractivity (Wildman–Crippen MR) is 76.3 cm³/mol. The van der Waals surface area contributed by atoms with Crippen LogP contribution in [0.3, 0.4) is 0 Å². The van der Waals surface area contributed by atoms with Gasteiger partial charge in [-0.25, -0.2) is 0 Å². The van der Waals surface area contributed by atoms with E-state index in [1.807, 2.05) is 0 Å². The van der Waals surface area contributed by atoms with Crippen molar-refractivity contribution in [2.45, 2.75) is 39.9 Å². The first-order valence-electron chi connectivity index (χ1n) is 6.99. The molecule has 10 heteroatoms. The van der Waals surface area contributed by atoms with Gasteiger partial charge in [-0.2, -0.15) is 0 Å². The van der Waals surface area contributed by atoms with E-state index in [4.69, 9.17) is 18.9 Å². The van der Waals surface area contributed by atoms with Crippen LogP contribution in [-0.2, 0) is 47.6 Å². The number of esters is 4. The van der Waals surface area contributed by atoms with Gasteiger partial charge in [0.2, 0.25) is 0 Å². The summed E-state index contributed by atoms with van der Waals surface area (Å²) >= 11 is 0. The Kier molecular flexibility index (Phi) is 11.1. The molecule has 0 aromatic rings. The van der Waals surface area contributed by atoms with E-state index < -0.39 is 49.7 Å². The highest BCUT2D eigenvalue weighted by Gasteiger charge is 2.27. The Morgan fingerprint density at radius 3 is 1.12 bits per heavy atom. The van der Waals surface area contributed by atoms with Gasteiger partial charge in [0.05, 0.1) is 0 Å². The maximum atomic E-state index is 11.0. The van der Waals surface area contributed by atoms with Crippen molar-refractivity contribution in [3.05, 3.63) is 0 Å². The topological polar surface area (TPSA) is 124 Å². The Morgan fingerprint density at radius 1 is 0.583 bits per heavy atom. The van der Waals surface area contributed by atoms with Crippen molar-refractivity contribution >= 4 is 23.9 Å². The largest absolute Gasteiger partial charge is 0.463 e. The van der Waals surface area contributed by atoms with E-state index in [1.54, 1.807) is 0 Å². The number of ether oxygens (including phenoxy) is 6. The second-order valence-corrected chi connectivity index (χ2v) is 4.52. The van der Waals surface area contributed by atoms with Crippen LogP contribution in [-0.4, -0.2) is 62.9 Å². The molecule has 0 spiro atoms. The first kappa shape index (κ1) is 21.8. The zero-order chi connectivity index (χ0) is 18.5. The molecule has 0 aromatic heterocycles. The van der Waals surface area contributed by atoms with Crippen LogP contribution in [0.25, 0.3) is 0 Å². The fourth-order valence-electron chi connectivity index (χ4n) is 1.33. The van der Waals surface area contributed by atoms with Crippen LogP contribution < -0.4 is 0 Å². The highest BCUT2D eigenvalue weighted by Crippen LogP contribution is 2.08. The molecule has 0 amide bonds. The van der Waals surface area contributed by atoms with Crippen molar-refractivity contribution in [1.82, 2.24) is 0 Å². The van der Waals surface area contributed by atoms with E-state index in [2.05, 4.69) is 9.47 Å². The van der Waals surface area contributed by atoms with Gasteiger partial charge in [-0.3, -0.25) is 19.2 Å². The van der Waals surface area contributed by atoms with Gasteiger partial charge in [0.15, 0.2) is 13.6 Å². The van der Waals surface area contributed by atoms with E-state index >= 15 is 0 Å². The fraction of sp³-hybridized carbons (Fsp3) is 0.714. The molecule has 24 heavy (non-hydrogen) atoms. The predicted octanol–water partition coefficient (Wildman–Crippen LogP) is -0.0758. The minimum absolute atomic E-state index is 0.247. The lowest BCUT2D eigenvalue weighted by Crippen LogP contribution is -2.41. The van der Waals surface area contributed by atoms with Gasteiger partial charge in [-0.1, -0.05) is 0 Å². The minimum Gasteiger partial charge on any atom is -0.463 e. The maximum Gasteiger partial charge on any atom is 0.304 e. The van der Waals surface area contributed by atoms with Crippen LogP contribution in [0, 0.1) is 0 Å². The van der Waals surface area contributed by atoms with Crippen molar-refractivity contribution in [2.24, 2.45) is 0 Å². The number of carbonyl (C=O) groups is 4. The molecule has 0 unspecified atom stereocenters. The van der Waals surface area contributed by atoms with Gasteiger partial charge < -0.3 is 28.4 Å². The highest BCUT2D eigenvalue weighted by molar-refractivity contribution is 5.66. The summed E-state index contributed by atoms with van der Waals surface area (Å²) in [5.41, 5.74) is 0. The summed E-state index contributed by atoms with van der Waals surface area (Å²) in [5.74, 6) is -2.28. The Labute approximate surface area is 139 Å². The van der Waals surface area contributed by atoms with E-state index in [1.165, 1.54) is 27.7 Å². The fourth-order valence-corrected chi connectivity index (χ4v) is 1.33. The third kappa shape index (κ3) is 12.4. The third-order valence-electron chi connectivity index (χ3n) is 2.41. The first-order chi connectivity index (χ1) is 11.2. The van der Waals surface area contributed by atoms with Crippen molar-refractivity contribution in [1.29, 1.82) is 0 Å². The van der Waals surface area contributed by atoms with Gasteiger partial charge in [0.1, 0.15) is 25.4 Å². The van der Waals surface area contributed by atoms with E-state index in [0.29, 0.717) is 0 Å². The summed E-state index contributed by atoms with van der Waals surface area (Å²) in [7, 11) is 0. The van der Waals surface area contributed by atoms with Gasteiger partial charge in [-0.05, 0) is 0 Å². The molecule has 0 radical (unpaired) electrons. The molecule has 0 rings (SSSR count). The number of carbonyl (C=O) groups excluding carboxylic acids is 4. The van der Waals surface area contributed by atoms with Gasteiger partial charge in [0, 0.05) is 27.7 Å². The molecule has 0 saturated carbocycles. The van der Waals surface area contributed by atoms with Crippen LogP contribution >= 0.6 is 0 Å². The molecular formula is C14H22O10. The van der Waals surface area contributed by atoms with Gasteiger partial charge in [-0.15, -0.1) is 0 Å². The lowest BCUT2D eigenvalue weighted by atomic mass is 10.2. The molecule has 0 bridgehead atoms. The summed E-state index contributed by atoms with van der Waals surface area (Å²) in [5, 5.41) is 0. The van der Waals surface area contributed by atoms with E-state index in [9.17, 15) is 19.2 Å². The molecule has 2 atom stereocenters. The SMILES string of the molecule is CC(=O)OCO[C@@H](COC(C)=O)[C@H](COC(C)=O)OCOC(C)=O. The Bertz CT molecular complexity index is 393. The average Bonchev–Trinajstić information content (AvgIpc) is 2.45. The minimum atomic E-state index is -0.928. The molecule has 0 saturated heterocycles. The summed E-state index contributed by atoms with van der Waals surface area (Å²) in [4.78, 5) is 43.5. The Balaban J connectivity index is 4.80. The lowest BCUT2D eigenvalue weighted by molar-refractivity contribution is -0.200. The smallest absolute Gasteiger partial charge is 0.304 e. The molecule has 0 heterocycles. The maximum absolute atomic E-state index is 11.0. The van der Waals surface area contributed by atoms with Crippen molar-refractivity contribution in [3.63, 3.8) is 0 Å². The quantitative estimate of drug-likeness (QED) is 0.284. The molecule has 0 aliphatic heterocycles. The zero-order valence-electron chi connectivity index (χ0n) is 14.1. The summed E-state index contributed by atoms with van der Waals surface area (Å²) in [6, 6.07) is 0. The van der Waals surface area contributed by atoms with Crippen LogP contribution in [0.2, 0.25) is 0 Å². The third-order valence-corrected chi connectivity index (χ3v) is 2.41. The molecule has 0 aliphatic rings. The monoisotopic (exact) mass is 350 g/mol. The first-order valence-corrected chi connectivity index (χ1v) is 6.99. The zero-order valence-corrected chi connectivity index (χ0v) is 14.1. The van der Waals surface area contributed by atoms with Crippen LogP contribution in [0.4, 0.5) is 0 Å². The molecule has 10 nitrogen and oxygen atoms in total. The van der Waals surface area contributed by atoms with Crippen molar-refractivity contribution in [2.75, 3.05) is 26.8 Å². The normalized spacial score (nSPS) is 12.7. The Hall–Kier alpha value is -2.20. The molecule has 0 aliphatic carbocycles. The highest BCUT2D eigenvalue weighted by atomic mass is 16.7. The van der Waals surface area contributed by atoms with Crippen LogP contribution in [0.1, 0.15) is 27.7 Å². The molecular weight excluding hydrogens is 328 g/mol. The lowest BCUT2D eigenvalue weighted by Gasteiger charge is -2.26. The summed E-state index contributed by atoms with van der Waals surface area (Å²) < 4.78 is 29.5. The number of hydrogen-bond acceptors (Lipinski definition) is 10. The standard InChI is InChI=1S/C14H22O10/c1-9(15)19-5-13(23-7-21-11(3)17)14(6-20-10(2)16)24-8-22-12(4)18/h13-14H,5-8H2,1-4H3/t13-,14-/m0/s1. The van der Waals surface area contributed by atoms with E-state index in [-0.39, 0.29) is 13.2 Å².